The number of hydrogen-bond donors (Lipinski definition) is 0. The smallest absolute Gasteiger partial charge is 0.223 e. The van der Waals surface area contributed by atoms with Crippen molar-refractivity contribution < 1.29 is 21.2 Å². The van der Waals surface area contributed by atoms with Crippen LogP contribution in [0.25, 0.3) is 0 Å². The summed E-state index contributed by atoms with van der Waals surface area (Å²) in [5.41, 5.74) is 0. The molecule has 0 radical (unpaired) electrons. The average Bonchev–Trinajstić information content (AvgIpc) is 3.07. The third-order valence-corrected chi connectivity index (χ3v) is 8.10. The van der Waals surface area contributed by atoms with Gasteiger partial charge in [0.25, 0.3) is 0 Å². The van der Waals surface area contributed by atoms with Crippen LogP contribution in [0.2, 0.25) is 0 Å². The number of hydrogen-bond acceptors (Lipinski definition) is 4. The van der Waals surface area contributed by atoms with Crippen LogP contribution >= 0.6 is 0 Å². The Morgan fingerprint density at radius 1 is 0.917 bits per heavy atom. The lowest BCUT2D eigenvalue weighted by molar-refractivity contribution is 0.475. The molecule has 0 bridgehead atoms. The van der Waals surface area contributed by atoms with E-state index in [1.54, 1.807) is 18.2 Å². The molecule has 0 aromatic heterocycles. The third-order valence-electron chi connectivity index (χ3n) is 4.05. The van der Waals surface area contributed by atoms with Crippen molar-refractivity contribution in [1.29, 1.82) is 0 Å². The van der Waals surface area contributed by atoms with E-state index < -0.39 is 30.9 Å². The van der Waals surface area contributed by atoms with Crippen molar-refractivity contribution in [2.24, 2.45) is 0 Å². The zero-order valence-corrected chi connectivity index (χ0v) is 14.3. The Bertz CT molecular complexity index is 943. The molecule has 0 saturated carbocycles. The van der Waals surface area contributed by atoms with E-state index >= 15 is 0 Å². The van der Waals surface area contributed by atoms with Gasteiger partial charge in [-0.25, -0.2) is 21.2 Å². The number of rotatable bonds is 4. The quantitative estimate of drug-likeness (QED) is 0.827. The number of halogens is 1. The topological polar surface area (TPSA) is 71.5 Å². The summed E-state index contributed by atoms with van der Waals surface area (Å²) in [7, 11) is -7.51. The van der Waals surface area contributed by atoms with Gasteiger partial charge in [0.1, 0.15) is 5.82 Å². The fourth-order valence-electron chi connectivity index (χ4n) is 2.75. The average molecular weight is 369 g/mol. The molecule has 2 aromatic rings. The molecule has 8 heteroatoms. The molecule has 1 heterocycles. The summed E-state index contributed by atoms with van der Waals surface area (Å²) in [6.07, 6.45) is 0.214. The molecule has 1 saturated heterocycles. The molecule has 0 N–H and O–H groups in total. The lowest BCUT2D eigenvalue weighted by Gasteiger charge is -2.17. The van der Waals surface area contributed by atoms with Crippen LogP contribution in [-0.2, 0) is 19.9 Å². The van der Waals surface area contributed by atoms with Gasteiger partial charge in [0, 0.05) is 13.1 Å². The molecule has 128 valence electrons. The summed E-state index contributed by atoms with van der Waals surface area (Å²) in [5, 5.41) is -0.803. The summed E-state index contributed by atoms with van der Waals surface area (Å²) in [5.74, 6) is -0.649. The lowest BCUT2D eigenvalue weighted by Crippen LogP contribution is -2.32. The van der Waals surface area contributed by atoms with E-state index in [4.69, 9.17) is 0 Å². The highest BCUT2D eigenvalue weighted by atomic mass is 32.2. The van der Waals surface area contributed by atoms with Gasteiger partial charge < -0.3 is 0 Å². The van der Waals surface area contributed by atoms with E-state index in [-0.39, 0.29) is 29.3 Å². The van der Waals surface area contributed by atoms with Crippen molar-refractivity contribution >= 4 is 19.9 Å². The Labute approximate surface area is 140 Å². The zero-order valence-electron chi connectivity index (χ0n) is 12.7. The molecule has 24 heavy (non-hydrogen) atoms. The molecule has 1 atom stereocenters. The van der Waals surface area contributed by atoms with Gasteiger partial charge in [-0.3, -0.25) is 0 Å². The number of nitrogens with zero attached hydrogens (tertiary/aromatic N) is 1. The minimum Gasteiger partial charge on any atom is -0.223 e. The molecule has 2 aromatic carbocycles. The third kappa shape index (κ3) is 3.09. The summed E-state index contributed by atoms with van der Waals surface area (Å²) in [6, 6.07) is 12.7. The molecule has 1 unspecified atom stereocenters. The van der Waals surface area contributed by atoms with Crippen LogP contribution in [0.4, 0.5) is 4.39 Å². The largest absolute Gasteiger partial charge is 0.243 e. The normalized spacial score (nSPS) is 19.5. The van der Waals surface area contributed by atoms with Crippen LogP contribution in [0.5, 0.6) is 0 Å². The highest BCUT2D eigenvalue weighted by Crippen LogP contribution is 2.28. The minimum atomic E-state index is -3.91. The molecule has 1 aliphatic rings. The standard InChI is InChI=1S/C16H16FNO4S2/c17-13-5-4-8-15(11-13)24(21,22)18-10-9-16(12-18)23(19,20)14-6-2-1-3-7-14/h1-8,11,16H,9-10,12H2. The first-order valence-corrected chi connectivity index (χ1v) is 10.3. The minimum absolute atomic E-state index is 0.0928. The molecule has 1 fully saturated rings. The van der Waals surface area contributed by atoms with Crippen LogP contribution < -0.4 is 0 Å². The maximum atomic E-state index is 13.3. The lowest BCUT2D eigenvalue weighted by atomic mass is 10.4. The predicted molar refractivity (Wildman–Crippen MR) is 87.2 cm³/mol. The van der Waals surface area contributed by atoms with E-state index in [1.807, 2.05) is 0 Å². The Morgan fingerprint density at radius 2 is 1.58 bits per heavy atom. The van der Waals surface area contributed by atoms with Crippen molar-refractivity contribution in [3.63, 3.8) is 0 Å². The van der Waals surface area contributed by atoms with Gasteiger partial charge >= 0.3 is 0 Å². The van der Waals surface area contributed by atoms with E-state index in [0.717, 1.165) is 16.4 Å². The second-order valence-electron chi connectivity index (χ2n) is 5.59. The maximum Gasteiger partial charge on any atom is 0.243 e. The molecular formula is C16H16FNO4S2. The fraction of sp³-hybridized carbons (Fsp3) is 0.250. The van der Waals surface area contributed by atoms with Crippen LogP contribution in [0.1, 0.15) is 6.42 Å². The van der Waals surface area contributed by atoms with Crippen molar-refractivity contribution in [3.05, 3.63) is 60.4 Å². The fourth-order valence-corrected chi connectivity index (χ4v) is 6.09. The van der Waals surface area contributed by atoms with Crippen LogP contribution in [0, 0.1) is 5.82 Å². The second kappa shape index (κ2) is 6.27. The Kier molecular flexibility index (Phi) is 4.46. The Balaban J connectivity index is 1.85. The molecule has 0 amide bonds. The van der Waals surface area contributed by atoms with Crippen molar-refractivity contribution in [2.75, 3.05) is 13.1 Å². The second-order valence-corrected chi connectivity index (χ2v) is 9.76. The Hall–Kier alpha value is -1.77. The van der Waals surface area contributed by atoms with Crippen molar-refractivity contribution in [3.8, 4) is 0 Å². The predicted octanol–water partition coefficient (Wildman–Crippen LogP) is 2.06. The number of sulfonamides is 1. The van der Waals surface area contributed by atoms with Gasteiger partial charge in [-0.1, -0.05) is 24.3 Å². The van der Waals surface area contributed by atoms with E-state index in [0.29, 0.717) is 0 Å². The van der Waals surface area contributed by atoms with Crippen LogP contribution in [-0.4, -0.2) is 39.5 Å². The summed E-state index contributed by atoms with van der Waals surface area (Å²) in [6.45, 7) is -0.0361. The van der Waals surface area contributed by atoms with E-state index in [9.17, 15) is 21.2 Å². The SMILES string of the molecule is O=S(=O)(c1ccccc1)C1CCN(S(=O)(=O)c2cccc(F)c2)C1. The molecule has 5 nitrogen and oxygen atoms in total. The molecule has 0 aliphatic carbocycles. The number of benzene rings is 2. The first-order chi connectivity index (χ1) is 11.3. The highest BCUT2D eigenvalue weighted by molar-refractivity contribution is 7.92. The van der Waals surface area contributed by atoms with Crippen LogP contribution in [0.15, 0.2) is 64.4 Å². The van der Waals surface area contributed by atoms with Crippen molar-refractivity contribution in [2.45, 2.75) is 21.5 Å². The van der Waals surface area contributed by atoms with Gasteiger partial charge in [-0.15, -0.1) is 0 Å². The molecule has 0 spiro atoms. The maximum absolute atomic E-state index is 13.3. The van der Waals surface area contributed by atoms with Gasteiger partial charge in [-0.05, 0) is 36.8 Å². The van der Waals surface area contributed by atoms with Crippen LogP contribution in [0.3, 0.4) is 0 Å². The first kappa shape index (κ1) is 17.1. The van der Waals surface area contributed by atoms with Gasteiger partial charge in [-0.2, -0.15) is 4.31 Å². The summed E-state index contributed by atoms with van der Waals surface area (Å²) < 4.78 is 64.7. The number of sulfone groups is 1. The zero-order chi connectivity index (χ0) is 17.4. The first-order valence-electron chi connectivity index (χ1n) is 7.36. The van der Waals surface area contributed by atoms with Gasteiger partial charge in [0.05, 0.1) is 15.0 Å². The van der Waals surface area contributed by atoms with E-state index in [2.05, 4.69) is 0 Å². The van der Waals surface area contributed by atoms with E-state index in [1.165, 1.54) is 24.3 Å². The summed E-state index contributed by atoms with van der Waals surface area (Å²) in [4.78, 5) is 0.0141. The molecule has 3 rings (SSSR count). The summed E-state index contributed by atoms with van der Waals surface area (Å²) >= 11 is 0. The Morgan fingerprint density at radius 3 is 2.25 bits per heavy atom. The van der Waals surface area contributed by atoms with Gasteiger partial charge in [0.15, 0.2) is 9.84 Å². The molecule has 1 aliphatic heterocycles. The van der Waals surface area contributed by atoms with Crippen molar-refractivity contribution in [1.82, 2.24) is 4.31 Å². The monoisotopic (exact) mass is 369 g/mol. The van der Waals surface area contributed by atoms with Gasteiger partial charge in [0.2, 0.25) is 10.0 Å². The molecular weight excluding hydrogens is 353 g/mol. The highest BCUT2D eigenvalue weighted by Gasteiger charge is 2.39.